The first-order chi connectivity index (χ1) is 18.3. The molecule has 4 N–H and O–H groups in total. The molecular formula is C29H36N4O5. The standard InChI is InChI=1S/C29H36N4O5/c1-4-29(5-2)14-24(35)33(28(30)32-29)26-19(15-37-3)16-38-23-11-10-18(12-21(23)26)27(36)31-25-20-9-7-6-8-17(20)13-22(25)34/h6-12,19,22,25-26,34H,4-5,13-16H2,1-3H3,(H2,30,32)(H,31,36)/t19-,22-,25-,26-/m1/s1. The van der Waals surface area contributed by atoms with Crippen molar-refractivity contribution in [2.24, 2.45) is 16.6 Å². The number of nitrogens with one attached hydrogen (secondary N) is 1. The number of nitrogens with two attached hydrogens (primary N) is 1. The van der Waals surface area contributed by atoms with Crippen LogP contribution < -0.4 is 15.8 Å². The highest BCUT2D eigenvalue weighted by Gasteiger charge is 2.45. The molecule has 2 aromatic rings. The average molecular weight is 521 g/mol. The first-order valence-electron chi connectivity index (χ1n) is 13.3. The molecule has 2 aliphatic heterocycles. The smallest absolute Gasteiger partial charge is 0.251 e. The molecule has 0 fully saturated rings. The second kappa shape index (κ2) is 10.4. The number of aliphatic hydroxyl groups is 1. The van der Waals surface area contributed by atoms with Crippen LogP contribution in [0.4, 0.5) is 0 Å². The van der Waals surface area contributed by atoms with Gasteiger partial charge in [-0.15, -0.1) is 0 Å². The second-order valence-corrected chi connectivity index (χ2v) is 10.5. The largest absolute Gasteiger partial charge is 0.493 e. The number of benzene rings is 2. The van der Waals surface area contributed by atoms with Crippen LogP contribution in [0.5, 0.6) is 5.75 Å². The number of nitrogens with zero attached hydrogens (tertiary/aromatic N) is 2. The zero-order valence-electron chi connectivity index (χ0n) is 22.1. The number of methoxy groups -OCH3 is 1. The lowest BCUT2D eigenvalue weighted by Crippen LogP contribution is -2.55. The van der Waals surface area contributed by atoms with Gasteiger partial charge < -0.3 is 25.6 Å². The molecule has 0 unspecified atom stereocenters. The summed E-state index contributed by atoms with van der Waals surface area (Å²) in [5.74, 6) is 0.158. The van der Waals surface area contributed by atoms with E-state index >= 15 is 0 Å². The Balaban J connectivity index is 1.49. The van der Waals surface area contributed by atoms with Crippen molar-refractivity contribution >= 4 is 17.8 Å². The van der Waals surface area contributed by atoms with Gasteiger partial charge in [-0.05, 0) is 42.2 Å². The molecular weight excluding hydrogens is 484 g/mol. The van der Waals surface area contributed by atoms with Crippen molar-refractivity contribution in [2.45, 2.75) is 63.3 Å². The van der Waals surface area contributed by atoms with Crippen molar-refractivity contribution in [1.29, 1.82) is 0 Å². The SMILES string of the molecule is CCC1(CC)CC(=O)N([C@H]2c3cc(C(=O)N[C@@H]4c5ccccc5C[C@H]4O)ccc3OC[C@H]2COC)C(N)=N1. The Labute approximate surface area is 223 Å². The number of hydrogen-bond acceptors (Lipinski definition) is 7. The van der Waals surface area contributed by atoms with Crippen LogP contribution in [-0.4, -0.2) is 59.7 Å². The van der Waals surface area contributed by atoms with Gasteiger partial charge in [0, 0.05) is 30.6 Å². The van der Waals surface area contributed by atoms with E-state index in [4.69, 9.17) is 20.2 Å². The summed E-state index contributed by atoms with van der Waals surface area (Å²) in [5.41, 5.74) is 9.02. The lowest BCUT2D eigenvalue weighted by Gasteiger charge is -2.44. The third kappa shape index (κ3) is 4.54. The quantitative estimate of drug-likeness (QED) is 0.515. The number of carbonyl (C=O) groups is 2. The molecule has 2 heterocycles. The van der Waals surface area contributed by atoms with Crippen molar-refractivity contribution in [3.05, 3.63) is 64.7 Å². The molecule has 0 radical (unpaired) electrons. The van der Waals surface area contributed by atoms with Gasteiger partial charge in [0.1, 0.15) is 5.75 Å². The minimum Gasteiger partial charge on any atom is -0.493 e. The highest BCUT2D eigenvalue weighted by atomic mass is 16.5. The van der Waals surface area contributed by atoms with Crippen LogP contribution in [-0.2, 0) is 16.0 Å². The average Bonchev–Trinajstić information content (AvgIpc) is 3.23. The van der Waals surface area contributed by atoms with Crippen molar-refractivity contribution in [3.8, 4) is 5.75 Å². The van der Waals surface area contributed by atoms with E-state index < -0.39 is 23.7 Å². The van der Waals surface area contributed by atoms with E-state index in [0.717, 1.165) is 24.0 Å². The maximum absolute atomic E-state index is 13.6. The van der Waals surface area contributed by atoms with E-state index in [9.17, 15) is 14.7 Å². The van der Waals surface area contributed by atoms with Gasteiger partial charge in [-0.3, -0.25) is 14.5 Å². The fourth-order valence-electron chi connectivity index (χ4n) is 6.06. The van der Waals surface area contributed by atoms with Crippen molar-refractivity contribution < 1.29 is 24.2 Å². The van der Waals surface area contributed by atoms with Gasteiger partial charge in [-0.1, -0.05) is 38.1 Å². The Morgan fingerprint density at radius 2 is 2.00 bits per heavy atom. The van der Waals surface area contributed by atoms with Crippen molar-refractivity contribution in [2.75, 3.05) is 20.3 Å². The van der Waals surface area contributed by atoms with E-state index in [2.05, 4.69) is 5.32 Å². The number of amides is 2. The fourth-order valence-corrected chi connectivity index (χ4v) is 6.06. The van der Waals surface area contributed by atoms with Gasteiger partial charge in [-0.25, -0.2) is 4.99 Å². The van der Waals surface area contributed by atoms with E-state index in [-0.39, 0.29) is 30.1 Å². The van der Waals surface area contributed by atoms with Gasteiger partial charge in [0.25, 0.3) is 5.91 Å². The molecule has 4 atom stereocenters. The van der Waals surface area contributed by atoms with E-state index in [1.165, 1.54) is 0 Å². The molecule has 0 saturated carbocycles. The minimum absolute atomic E-state index is 0.0966. The number of rotatable bonds is 7. The second-order valence-electron chi connectivity index (χ2n) is 10.5. The molecule has 0 saturated heterocycles. The van der Waals surface area contributed by atoms with Crippen LogP contribution in [0.25, 0.3) is 0 Å². The summed E-state index contributed by atoms with van der Waals surface area (Å²) in [6.07, 6.45) is 1.50. The van der Waals surface area contributed by atoms with E-state index in [1.54, 1.807) is 30.2 Å². The predicted octanol–water partition coefficient (Wildman–Crippen LogP) is 2.88. The van der Waals surface area contributed by atoms with Gasteiger partial charge in [-0.2, -0.15) is 0 Å². The number of aliphatic hydroxyl groups excluding tert-OH is 1. The normalized spacial score (nSPS) is 25.7. The summed E-state index contributed by atoms with van der Waals surface area (Å²) in [6.45, 7) is 4.72. The molecule has 1 aliphatic carbocycles. The Morgan fingerprint density at radius 1 is 1.24 bits per heavy atom. The number of guanidine groups is 1. The highest BCUT2D eigenvalue weighted by molar-refractivity contribution is 6.00. The molecule has 2 aromatic carbocycles. The first kappa shape index (κ1) is 26.2. The monoisotopic (exact) mass is 520 g/mol. The molecule has 0 spiro atoms. The summed E-state index contributed by atoms with van der Waals surface area (Å²) < 4.78 is 11.5. The summed E-state index contributed by atoms with van der Waals surface area (Å²) in [5, 5.41) is 13.6. The number of hydrogen-bond donors (Lipinski definition) is 3. The maximum Gasteiger partial charge on any atom is 0.251 e. The zero-order valence-corrected chi connectivity index (χ0v) is 22.1. The van der Waals surface area contributed by atoms with E-state index in [1.807, 2.05) is 38.1 Å². The Kier molecular flexibility index (Phi) is 7.15. The Hall–Kier alpha value is -3.43. The van der Waals surface area contributed by atoms with Gasteiger partial charge in [0.15, 0.2) is 5.96 Å². The number of aliphatic imine (C=N–C) groups is 1. The summed E-state index contributed by atoms with van der Waals surface area (Å²) >= 11 is 0. The van der Waals surface area contributed by atoms with Crippen LogP contribution in [0.1, 0.15) is 72.2 Å². The van der Waals surface area contributed by atoms with Gasteiger partial charge >= 0.3 is 0 Å². The fraction of sp³-hybridized carbons (Fsp3) is 0.483. The number of ether oxygens (including phenoxy) is 2. The number of fused-ring (bicyclic) bond motifs is 2. The molecule has 0 bridgehead atoms. The van der Waals surface area contributed by atoms with Crippen molar-refractivity contribution in [1.82, 2.24) is 10.2 Å². The first-order valence-corrected chi connectivity index (χ1v) is 13.3. The summed E-state index contributed by atoms with van der Waals surface area (Å²) in [4.78, 5) is 33.3. The Morgan fingerprint density at radius 3 is 2.71 bits per heavy atom. The van der Waals surface area contributed by atoms with Crippen LogP contribution in [0, 0.1) is 5.92 Å². The van der Waals surface area contributed by atoms with Crippen LogP contribution >= 0.6 is 0 Å². The van der Waals surface area contributed by atoms with Gasteiger partial charge in [0.05, 0.1) is 43.4 Å². The third-order valence-electron chi connectivity index (χ3n) is 8.30. The molecule has 9 heteroatoms. The molecule has 9 nitrogen and oxygen atoms in total. The predicted molar refractivity (Wildman–Crippen MR) is 143 cm³/mol. The highest BCUT2D eigenvalue weighted by Crippen LogP contribution is 2.43. The van der Waals surface area contributed by atoms with Crippen molar-refractivity contribution in [3.63, 3.8) is 0 Å². The molecule has 0 aromatic heterocycles. The summed E-state index contributed by atoms with van der Waals surface area (Å²) in [6, 6.07) is 11.9. The molecule has 3 aliphatic rings. The minimum atomic E-state index is -0.699. The van der Waals surface area contributed by atoms with Gasteiger partial charge in [0.2, 0.25) is 5.91 Å². The maximum atomic E-state index is 13.6. The van der Waals surface area contributed by atoms with Crippen LogP contribution in [0.3, 0.4) is 0 Å². The van der Waals surface area contributed by atoms with Crippen LogP contribution in [0.15, 0.2) is 47.5 Å². The molecule has 202 valence electrons. The lowest BCUT2D eigenvalue weighted by molar-refractivity contribution is -0.133. The third-order valence-corrected chi connectivity index (χ3v) is 8.30. The van der Waals surface area contributed by atoms with E-state index in [0.29, 0.717) is 36.5 Å². The molecule has 5 rings (SSSR count). The summed E-state index contributed by atoms with van der Waals surface area (Å²) in [7, 11) is 1.61. The lowest BCUT2D eigenvalue weighted by atomic mass is 9.84. The zero-order chi connectivity index (χ0) is 27.0. The Bertz CT molecular complexity index is 1260. The van der Waals surface area contributed by atoms with Crippen LogP contribution in [0.2, 0.25) is 0 Å². The molecule has 2 amide bonds. The topological polar surface area (TPSA) is 126 Å². The molecule has 38 heavy (non-hydrogen) atoms. The number of carbonyl (C=O) groups excluding carboxylic acids is 2.